The minimum Gasteiger partial charge on any atom is -0.307 e. The number of alkyl halides is 1. The Morgan fingerprint density at radius 3 is 2.74 bits per heavy atom. The lowest BCUT2D eigenvalue weighted by molar-refractivity contribution is 0.770. The number of halogens is 2. The number of fused-ring (bicyclic) bond motifs is 1. The highest BCUT2D eigenvalue weighted by Gasteiger charge is 2.11. The van der Waals surface area contributed by atoms with E-state index < -0.39 is 0 Å². The number of benzene rings is 1. The van der Waals surface area contributed by atoms with Crippen LogP contribution in [0.25, 0.3) is 11.2 Å². The smallest absolute Gasteiger partial charge is 0.160 e. The molecule has 5 heteroatoms. The van der Waals surface area contributed by atoms with Crippen molar-refractivity contribution in [2.45, 2.75) is 12.4 Å². The number of imidazole rings is 1. The van der Waals surface area contributed by atoms with E-state index in [-0.39, 0.29) is 0 Å². The molecule has 0 atom stereocenters. The molecule has 0 bridgehead atoms. The molecule has 96 valence electrons. The number of rotatable bonds is 3. The quantitative estimate of drug-likeness (QED) is 0.677. The van der Waals surface area contributed by atoms with Gasteiger partial charge in [-0.3, -0.25) is 0 Å². The van der Waals surface area contributed by atoms with Gasteiger partial charge in [-0.15, -0.1) is 11.6 Å². The third kappa shape index (κ3) is 2.51. The molecule has 0 radical (unpaired) electrons. The zero-order valence-electron chi connectivity index (χ0n) is 10.1. The molecular formula is C14H11BrClN3. The summed E-state index contributed by atoms with van der Waals surface area (Å²) in [5.41, 5.74) is 2.93. The average Bonchev–Trinajstić information content (AvgIpc) is 2.77. The summed E-state index contributed by atoms with van der Waals surface area (Å²) < 4.78 is 2.98. The van der Waals surface area contributed by atoms with E-state index in [0.29, 0.717) is 5.88 Å². The molecular weight excluding hydrogens is 326 g/mol. The molecule has 3 aromatic rings. The first-order valence-corrected chi connectivity index (χ1v) is 7.21. The minimum atomic E-state index is 0.376. The fourth-order valence-electron chi connectivity index (χ4n) is 2.07. The molecule has 2 aromatic heterocycles. The Morgan fingerprint density at radius 2 is 2.00 bits per heavy atom. The van der Waals surface area contributed by atoms with Gasteiger partial charge >= 0.3 is 0 Å². The Hall–Kier alpha value is -1.39. The summed E-state index contributed by atoms with van der Waals surface area (Å²) in [6, 6.07) is 12.2. The lowest BCUT2D eigenvalue weighted by atomic mass is 10.2. The Labute approximate surface area is 124 Å². The maximum Gasteiger partial charge on any atom is 0.160 e. The molecule has 0 saturated carbocycles. The fraction of sp³-hybridized carbons (Fsp3) is 0.143. The van der Waals surface area contributed by atoms with Crippen LogP contribution in [0.1, 0.15) is 11.4 Å². The van der Waals surface area contributed by atoms with Crippen molar-refractivity contribution in [2.75, 3.05) is 0 Å². The Morgan fingerprint density at radius 1 is 1.21 bits per heavy atom. The monoisotopic (exact) mass is 335 g/mol. The van der Waals surface area contributed by atoms with Crippen LogP contribution in [0.2, 0.25) is 0 Å². The Bertz CT molecular complexity index is 709. The van der Waals surface area contributed by atoms with Crippen molar-refractivity contribution in [2.24, 2.45) is 0 Å². The summed E-state index contributed by atoms with van der Waals surface area (Å²) in [6.45, 7) is 0.730. The summed E-state index contributed by atoms with van der Waals surface area (Å²) in [4.78, 5) is 8.97. The minimum absolute atomic E-state index is 0.376. The van der Waals surface area contributed by atoms with Crippen molar-refractivity contribution in [3.8, 4) is 0 Å². The molecule has 0 spiro atoms. The van der Waals surface area contributed by atoms with E-state index in [1.807, 2.05) is 24.3 Å². The molecule has 0 N–H and O–H groups in total. The summed E-state index contributed by atoms with van der Waals surface area (Å²) in [5.74, 6) is 1.21. The fourth-order valence-corrected chi connectivity index (χ4v) is 2.59. The van der Waals surface area contributed by atoms with Crippen LogP contribution < -0.4 is 0 Å². The van der Waals surface area contributed by atoms with Crippen LogP contribution in [0.5, 0.6) is 0 Å². The first-order chi connectivity index (χ1) is 9.28. The van der Waals surface area contributed by atoms with Gasteiger partial charge in [0.2, 0.25) is 0 Å². The van der Waals surface area contributed by atoms with Crippen molar-refractivity contribution in [1.29, 1.82) is 0 Å². The van der Waals surface area contributed by atoms with Gasteiger partial charge in [0.15, 0.2) is 5.65 Å². The van der Waals surface area contributed by atoms with Crippen LogP contribution in [0.15, 0.2) is 47.1 Å². The van der Waals surface area contributed by atoms with E-state index in [1.165, 1.54) is 5.56 Å². The van der Waals surface area contributed by atoms with E-state index in [1.54, 1.807) is 6.20 Å². The normalized spacial score (nSPS) is 11.1. The number of hydrogen-bond donors (Lipinski definition) is 0. The number of aromatic nitrogens is 3. The molecule has 0 aliphatic heterocycles. The maximum atomic E-state index is 5.99. The van der Waals surface area contributed by atoms with Crippen molar-refractivity contribution >= 4 is 38.7 Å². The highest BCUT2D eigenvalue weighted by atomic mass is 79.9. The van der Waals surface area contributed by atoms with Gasteiger partial charge in [0.25, 0.3) is 0 Å². The summed E-state index contributed by atoms with van der Waals surface area (Å²) in [6.07, 6.45) is 1.78. The molecule has 19 heavy (non-hydrogen) atoms. The van der Waals surface area contributed by atoms with Crippen molar-refractivity contribution in [3.63, 3.8) is 0 Å². The topological polar surface area (TPSA) is 30.7 Å². The summed E-state index contributed by atoms with van der Waals surface area (Å²) >= 11 is 9.40. The van der Waals surface area contributed by atoms with Crippen molar-refractivity contribution in [3.05, 3.63) is 58.5 Å². The van der Waals surface area contributed by atoms with Gasteiger partial charge in [-0.1, -0.05) is 30.3 Å². The molecule has 1 aromatic carbocycles. The average molecular weight is 337 g/mol. The summed E-state index contributed by atoms with van der Waals surface area (Å²) in [5, 5.41) is 0. The lowest BCUT2D eigenvalue weighted by Crippen LogP contribution is -2.04. The number of pyridine rings is 1. The van der Waals surface area contributed by atoms with E-state index in [0.717, 1.165) is 28.0 Å². The second kappa shape index (κ2) is 5.31. The zero-order chi connectivity index (χ0) is 13.2. The van der Waals surface area contributed by atoms with E-state index in [2.05, 4.69) is 42.6 Å². The van der Waals surface area contributed by atoms with Gasteiger partial charge in [-0.05, 0) is 27.6 Å². The SMILES string of the molecule is ClCc1nc2cc(Br)cnc2n1Cc1ccccc1. The van der Waals surface area contributed by atoms with Gasteiger partial charge < -0.3 is 4.57 Å². The first-order valence-electron chi connectivity index (χ1n) is 5.88. The Balaban J connectivity index is 2.11. The third-order valence-electron chi connectivity index (χ3n) is 2.93. The van der Waals surface area contributed by atoms with E-state index in [4.69, 9.17) is 11.6 Å². The third-order valence-corrected chi connectivity index (χ3v) is 3.61. The summed E-state index contributed by atoms with van der Waals surface area (Å²) in [7, 11) is 0. The van der Waals surface area contributed by atoms with Crippen LogP contribution >= 0.6 is 27.5 Å². The molecule has 0 unspecified atom stereocenters. The standard InChI is InChI=1S/C14H11BrClN3/c15-11-6-12-14(17-8-11)19(13(7-16)18-12)9-10-4-2-1-3-5-10/h1-6,8H,7,9H2. The van der Waals surface area contributed by atoms with Gasteiger partial charge in [0.1, 0.15) is 11.3 Å². The lowest BCUT2D eigenvalue weighted by Gasteiger charge is -2.07. The molecule has 2 heterocycles. The highest BCUT2D eigenvalue weighted by Crippen LogP contribution is 2.20. The highest BCUT2D eigenvalue weighted by molar-refractivity contribution is 9.10. The van der Waals surface area contributed by atoms with Gasteiger partial charge in [-0.25, -0.2) is 9.97 Å². The van der Waals surface area contributed by atoms with E-state index >= 15 is 0 Å². The second-order valence-electron chi connectivity index (χ2n) is 4.23. The molecule has 3 rings (SSSR count). The Kier molecular flexibility index (Phi) is 3.53. The predicted molar refractivity (Wildman–Crippen MR) is 80.3 cm³/mol. The maximum absolute atomic E-state index is 5.99. The molecule has 0 aliphatic carbocycles. The molecule has 3 nitrogen and oxygen atoms in total. The molecule has 0 fully saturated rings. The van der Waals surface area contributed by atoms with Gasteiger partial charge in [-0.2, -0.15) is 0 Å². The number of hydrogen-bond acceptors (Lipinski definition) is 2. The largest absolute Gasteiger partial charge is 0.307 e. The van der Waals surface area contributed by atoms with Crippen molar-refractivity contribution < 1.29 is 0 Å². The van der Waals surface area contributed by atoms with Gasteiger partial charge in [0, 0.05) is 10.7 Å². The second-order valence-corrected chi connectivity index (χ2v) is 5.41. The first kappa shape index (κ1) is 12.6. The molecule has 0 saturated heterocycles. The van der Waals surface area contributed by atoms with Crippen LogP contribution in [-0.4, -0.2) is 14.5 Å². The molecule has 0 amide bonds. The van der Waals surface area contributed by atoms with Crippen molar-refractivity contribution in [1.82, 2.24) is 14.5 Å². The molecule has 0 aliphatic rings. The zero-order valence-corrected chi connectivity index (χ0v) is 12.4. The van der Waals surface area contributed by atoms with Crippen LogP contribution in [0.3, 0.4) is 0 Å². The van der Waals surface area contributed by atoms with E-state index in [9.17, 15) is 0 Å². The number of nitrogens with zero attached hydrogens (tertiary/aromatic N) is 3. The predicted octanol–water partition coefficient (Wildman–Crippen LogP) is 3.98. The van der Waals surface area contributed by atoms with Gasteiger partial charge in [0.05, 0.1) is 12.4 Å². The van der Waals surface area contributed by atoms with Crippen LogP contribution in [0.4, 0.5) is 0 Å². The van der Waals surface area contributed by atoms with Crippen LogP contribution in [0, 0.1) is 0 Å². The van der Waals surface area contributed by atoms with Crippen LogP contribution in [-0.2, 0) is 12.4 Å².